The van der Waals surface area contributed by atoms with Gasteiger partial charge >= 0.3 is 0 Å². The summed E-state index contributed by atoms with van der Waals surface area (Å²) in [5.74, 6) is 1.97. The molecule has 3 saturated heterocycles. The average Bonchev–Trinajstić information content (AvgIpc) is 2.46. The topological polar surface area (TPSA) is 75.5 Å². The van der Waals surface area contributed by atoms with E-state index >= 15 is 0 Å². The van der Waals surface area contributed by atoms with Gasteiger partial charge in [0.1, 0.15) is 6.10 Å². The number of quaternary nitrogens is 1. The van der Waals surface area contributed by atoms with Gasteiger partial charge in [-0.25, -0.2) is 0 Å². The lowest BCUT2D eigenvalue weighted by atomic mass is 9.85. The third kappa shape index (κ3) is 4.32. The van der Waals surface area contributed by atoms with E-state index in [0.29, 0.717) is 6.61 Å². The Kier molecular flexibility index (Phi) is 7.07. The lowest BCUT2D eigenvalue weighted by Gasteiger charge is -2.43. The van der Waals surface area contributed by atoms with Gasteiger partial charge in [0.2, 0.25) is 0 Å². The molecule has 118 valence electrons. The fourth-order valence-electron chi connectivity index (χ4n) is 2.90. The Balaban J connectivity index is 1.95. The molecule has 5 atom stereocenters. The van der Waals surface area contributed by atoms with Crippen molar-refractivity contribution in [3.05, 3.63) is 0 Å². The maximum Gasteiger partial charge on any atom is 0.186 e. The van der Waals surface area contributed by atoms with Crippen LogP contribution in [0.3, 0.4) is 0 Å². The number of rotatable bonds is 5. The van der Waals surface area contributed by atoms with Gasteiger partial charge in [-0.3, -0.25) is 0 Å². The average molecular weight is 306 g/mol. The first-order valence-corrected chi connectivity index (χ1v) is 8.88. The molecule has 0 aliphatic carbocycles. The van der Waals surface area contributed by atoms with E-state index in [0.717, 1.165) is 43.7 Å². The summed E-state index contributed by atoms with van der Waals surface area (Å²) in [7, 11) is 2.07. The highest BCUT2D eigenvalue weighted by Crippen LogP contribution is 2.33. The molecule has 3 aliphatic rings. The fourth-order valence-corrected chi connectivity index (χ4v) is 4.03. The van der Waals surface area contributed by atoms with Crippen molar-refractivity contribution in [1.29, 1.82) is 0 Å². The first-order valence-electron chi connectivity index (χ1n) is 7.72. The molecule has 0 radical (unpaired) electrons. The van der Waals surface area contributed by atoms with Crippen LogP contribution in [0, 0.1) is 5.92 Å². The van der Waals surface area contributed by atoms with Crippen molar-refractivity contribution in [3.8, 4) is 0 Å². The number of thioether (sulfide) groups is 1. The summed E-state index contributed by atoms with van der Waals surface area (Å²) in [5.41, 5.74) is 0. The summed E-state index contributed by atoms with van der Waals surface area (Å²) in [5, 5.41) is 22.6. The van der Waals surface area contributed by atoms with Crippen molar-refractivity contribution in [2.75, 3.05) is 31.7 Å². The molecule has 3 aliphatic heterocycles. The van der Waals surface area contributed by atoms with E-state index in [1.807, 2.05) is 11.8 Å². The summed E-state index contributed by atoms with van der Waals surface area (Å²) in [6.45, 7) is 1.69. The highest BCUT2D eigenvalue weighted by atomic mass is 32.2. The summed E-state index contributed by atoms with van der Waals surface area (Å²) in [4.78, 5) is 0. The number of hydrogen-bond acceptors (Lipinski definition) is 5. The SMILES string of the molecule is C[NH2+]CCSCC1O[C@@H]2OCCCCCC1[C@H](O)C2O. The molecule has 3 rings (SSSR count). The van der Waals surface area contributed by atoms with Crippen molar-refractivity contribution in [3.63, 3.8) is 0 Å². The van der Waals surface area contributed by atoms with Crippen molar-refractivity contribution < 1.29 is 25.0 Å². The van der Waals surface area contributed by atoms with E-state index < -0.39 is 18.5 Å². The van der Waals surface area contributed by atoms with Gasteiger partial charge in [0.15, 0.2) is 6.29 Å². The van der Waals surface area contributed by atoms with Gasteiger partial charge < -0.3 is 25.0 Å². The molecule has 3 fully saturated rings. The summed E-state index contributed by atoms with van der Waals surface area (Å²) < 4.78 is 11.5. The molecule has 0 spiro atoms. The molecule has 0 aromatic carbocycles. The number of ether oxygens (including phenoxy) is 2. The molecule has 2 bridgehead atoms. The van der Waals surface area contributed by atoms with Crippen LogP contribution in [-0.4, -0.2) is 66.5 Å². The van der Waals surface area contributed by atoms with Crippen LogP contribution in [0.2, 0.25) is 0 Å². The molecule has 3 unspecified atom stereocenters. The standard InChI is InChI=1S/C14H27NO4S/c1-15-6-8-20-9-11-10-5-3-2-4-7-18-14(19-11)13(17)12(10)16/h10-17H,2-9H2,1H3/p+1/t10?,11?,12-,13?,14-/m0/s1. The maximum atomic E-state index is 10.3. The van der Waals surface area contributed by atoms with Gasteiger partial charge in [0.25, 0.3) is 0 Å². The molecule has 4 N–H and O–H groups in total. The van der Waals surface area contributed by atoms with Gasteiger partial charge in [-0.2, -0.15) is 11.8 Å². The Hall–Kier alpha value is 0.150. The van der Waals surface area contributed by atoms with Crippen LogP contribution in [0.25, 0.3) is 0 Å². The van der Waals surface area contributed by atoms with Crippen molar-refractivity contribution in [1.82, 2.24) is 0 Å². The second-order valence-electron chi connectivity index (χ2n) is 5.68. The quantitative estimate of drug-likeness (QED) is 0.601. The minimum atomic E-state index is -0.914. The molecule has 6 heteroatoms. The third-order valence-corrected chi connectivity index (χ3v) is 5.24. The molecular formula is C14H28NO4S+. The minimum absolute atomic E-state index is 0.0154. The number of fused-ring (bicyclic) bond motifs is 7. The first-order chi connectivity index (χ1) is 9.74. The van der Waals surface area contributed by atoms with Crippen LogP contribution >= 0.6 is 11.8 Å². The van der Waals surface area contributed by atoms with Gasteiger partial charge in [-0.05, 0) is 12.8 Å². The largest absolute Gasteiger partial charge is 0.390 e. The van der Waals surface area contributed by atoms with E-state index in [1.165, 1.54) is 0 Å². The van der Waals surface area contributed by atoms with E-state index in [1.54, 1.807) is 0 Å². The van der Waals surface area contributed by atoms with E-state index in [-0.39, 0.29) is 12.0 Å². The lowest BCUT2D eigenvalue weighted by molar-refractivity contribution is -0.622. The zero-order valence-corrected chi connectivity index (χ0v) is 13.1. The molecule has 3 heterocycles. The molecular weight excluding hydrogens is 278 g/mol. The lowest BCUT2D eigenvalue weighted by Crippen LogP contribution is -2.80. The smallest absolute Gasteiger partial charge is 0.186 e. The number of aliphatic hydroxyl groups is 2. The van der Waals surface area contributed by atoms with Crippen LogP contribution in [0.15, 0.2) is 0 Å². The van der Waals surface area contributed by atoms with Crippen molar-refractivity contribution in [2.45, 2.75) is 50.3 Å². The van der Waals surface area contributed by atoms with Gasteiger partial charge in [-0.15, -0.1) is 0 Å². The molecule has 0 amide bonds. The predicted octanol–water partition coefficient (Wildman–Crippen LogP) is -0.434. The predicted molar refractivity (Wildman–Crippen MR) is 78.6 cm³/mol. The zero-order chi connectivity index (χ0) is 14.4. The second kappa shape index (κ2) is 8.56. The van der Waals surface area contributed by atoms with Gasteiger partial charge in [-0.1, -0.05) is 12.8 Å². The van der Waals surface area contributed by atoms with E-state index in [9.17, 15) is 10.2 Å². The highest BCUT2D eigenvalue weighted by molar-refractivity contribution is 7.99. The Morgan fingerprint density at radius 1 is 1.20 bits per heavy atom. The zero-order valence-electron chi connectivity index (χ0n) is 12.2. The van der Waals surface area contributed by atoms with Crippen LogP contribution < -0.4 is 5.32 Å². The Bertz CT molecular complexity index is 280. The van der Waals surface area contributed by atoms with Gasteiger partial charge in [0, 0.05) is 24.0 Å². The van der Waals surface area contributed by atoms with Crippen LogP contribution in [0.4, 0.5) is 0 Å². The highest BCUT2D eigenvalue weighted by Gasteiger charge is 2.44. The van der Waals surface area contributed by atoms with Crippen LogP contribution in [0.1, 0.15) is 25.7 Å². The van der Waals surface area contributed by atoms with Gasteiger partial charge in [0.05, 0.1) is 25.8 Å². The normalized spacial score (nSPS) is 38.9. The van der Waals surface area contributed by atoms with E-state index in [4.69, 9.17) is 9.47 Å². The van der Waals surface area contributed by atoms with Crippen molar-refractivity contribution >= 4 is 11.8 Å². The van der Waals surface area contributed by atoms with Crippen LogP contribution in [0.5, 0.6) is 0 Å². The third-order valence-electron chi connectivity index (χ3n) is 4.15. The maximum absolute atomic E-state index is 10.3. The molecule has 0 aromatic heterocycles. The number of nitrogens with two attached hydrogens (primary N) is 1. The summed E-state index contributed by atoms with van der Waals surface area (Å²) in [6.07, 6.45) is 1.79. The number of aliphatic hydroxyl groups excluding tert-OH is 2. The Morgan fingerprint density at radius 3 is 2.85 bits per heavy atom. The molecule has 20 heavy (non-hydrogen) atoms. The summed E-state index contributed by atoms with van der Waals surface area (Å²) >= 11 is 1.85. The molecule has 5 nitrogen and oxygen atoms in total. The minimum Gasteiger partial charge on any atom is -0.390 e. The van der Waals surface area contributed by atoms with E-state index in [2.05, 4.69) is 12.4 Å². The fraction of sp³-hybridized carbons (Fsp3) is 1.00. The first kappa shape index (κ1) is 16.5. The van der Waals surface area contributed by atoms with Crippen LogP contribution in [-0.2, 0) is 9.47 Å². The number of hydrogen-bond donors (Lipinski definition) is 3. The molecule has 0 aromatic rings. The monoisotopic (exact) mass is 306 g/mol. The second-order valence-corrected chi connectivity index (χ2v) is 6.83. The summed E-state index contributed by atoms with van der Waals surface area (Å²) in [6, 6.07) is 0. The Labute approximate surface area is 125 Å². The Morgan fingerprint density at radius 2 is 2.05 bits per heavy atom. The molecule has 0 saturated carbocycles. The van der Waals surface area contributed by atoms with Crippen molar-refractivity contribution in [2.24, 2.45) is 5.92 Å².